The van der Waals surface area contributed by atoms with Gasteiger partial charge in [-0.05, 0) is 157 Å². The van der Waals surface area contributed by atoms with Crippen molar-refractivity contribution in [2.24, 2.45) is 0 Å². The first-order valence-electron chi connectivity index (χ1n) is 25.3. The molecule has 0 N–H and O–H groups in total. The van der Waals surface area contributed by atoms with Gasteiger partial charge in [0.05, 0.1) is 0 Å². The molecular formula is C66H60N6O3. The van der Waals surface area contributed by atoms with E-state index in [0.29, 0.717) is 35.3 Å². The van der Waals surface area contributed by atoms with Gasteiger partial charge in [-0.2, -0.15) is 0 Å². The normalized spacial score (nSPS) is 12.4. The summed E-state index contributed by atoms with van der Waals surface area (Å²) in [6.45, 7) is 19.8. The fourth-order valence-corrected chi connectivity index (χ4v) is 8.49. The molecule has 3 heterocycles. The first-order chi connectivity index (χ1) is 36.0. The van der Waals surface area contributed by atoms with Gasteiger partial charge in [0.15, 0.2) is 0 Å². The van der Waals surface area contributed by atoms with Crippen LogP contribution < -0.4 is 0 Å². The highest BCUT2D eigenvalue weighted by Crippen LogP contribution is 2.32. The molecule has 0 radical (unpaired) electrons. The van der Waals surface area contributed by atoms with Gasteiger partial charge < -0.3 is 13.3 Å². The first kappa shape index (κ1) is 49.7. The molecule has 0 aliphatic rings. The summed E-state index contributed by atoms with van der Waals surface area (Å²) < 4.78 is 18.4. The fourth-order valence-electron chi connectivity index (χ4n) is 8.49. The van der Waals surface area contributed by atoms with E-state index in [1.54, 1.807) is 0 Å². The van der Waals surface area contributed by atoms with Crippen molar-refractivity contribution < 1.29 is 13.3 Å². The molecule has 9 heteroatoms. The molecule has 0 fully saturated rings. The van der Waals surface area contributed by atoms with Gasteiger partial charge in [0.25, 0.3) is 0 Å². The van der Waals surface area contributed by atoms with Crippen LogP contribution in [0.2, 0.25) is 0 Å². The third kappa shape index (κ3) is 12.0. The van der Waals surface area contributed by atoms with E-state index >= 15 is 0 Å². The third-order valence-corrected chi connectivity index (χ3v) is 13.1. The van der Waals surface area contributed by atoms with Crippen LogP contribution >= 0.6 is 0 Å². The maximum Gasteiger partial charge on any atom is 0.248 e. The number of hydrogen-bond donors (Lipinski definition) is 0. The number of benzene rings is 7. The highest BCUT2D eigenvalue weighted by Gasteiger charge is 2.19. The van der Waals surface area contributed by atoms with E-state index in [-0.39, 0.29) is 16.2 Å². The van der Waals surface area contributed by atoms with Gasteiger partial charge in [-0.25, -0.2) is 0 Å². The molecular weight excluding hydrogens is 925 g/mol. The number of aromatic nitrogens is 6. The van der Waals surface area contributed by atoms with E-state index in [1.165, 1.54) is 16.7 Å². The average Bonchev–Trinajstić information content (AvgIpc) is 4.23. The van der Waals surface area contributed by atoms with Crippen molar-refractivity contribution in [2.45, 2.75) is 78.6 Å². The van der Waals surface area contributed by atoms with Gasteiger partial charge in [0.1, 0.15) is 0 Å². The Morgan fingerprint density at radius 1 is 0.240 bits per heavy atom. The Morgan fingerprint density at radius 2 is 0.413 bits per heavy atom. The van der Waals surface area contributed by atoms with Gasteiger partial charge >= 0.3 is 0 Å². The van der Waals surface area contributed by atoms with Crippen molar-refractivity contribution in [3.8, 4) is 68.7 Å². The van der Waals surface area contributed by atoms with E-state index in [0.717, 1.165) is 66.8 Å². The topological polar surface area (TPSA) is 117 Å². The molecule has 0 aliphatic carbocycles. The Labute approximate surface area is 439 Å². The number of rotatable bonds is 12. The quantitative estimate of drug-likeness (QED) is 0.110. The van der Waals surface area contributed by atoms with Crippen LogP contribution in [0.4, 0.5) is 0 Å². The Hall–Kier alpha value is -8.82. The summed E-state index contributed by atoms with van der Waals surface area (Å²) in [7, 11) is 0. The van der Waals surface area contributed by atoms with Gasteiger partial charge in [0, 0.05) is 33.4 Å². The van der Waals surface area contributed by atoms with Crippen LogP contribution in [-0.2, 0) is 16.2 Å². The van der Waals surface area contributed by atoms with E-state index in [4.69, 9.17) is 13.3 Å². The Balaban J connectivity index is 0.865. The van der Waals surface area contributed by atoms with Crippen LogP contribution in [0, 0.1) is 0 Å². The second-order valence-corrected chi connectivity index (χ2v) is 22.0. The molecule has 0 amide bonds. The van der Waals surface area contributed by atoms with Crippen molar-refractivity contribution in [2.75, 3.05) is 0 Å². The third-order valence-electron chi connectivity index (χ3n) is 13.1. The number of hydrogen-bond acceptors (Lipinski definition) is 9. The van der Waals surface area contributed by atoms with Gasteiger partial charge in [0.2, 0.25) is 35.3 Å². The molecule has 10 aromatic rings. The molecule has 0 bridgehead atoms. The summed E-state index contributed by atoms with van der Waals surface area (Å²) in [4.78, 5) is 0. The highest BCUT2D eigenvalue weighted by molar-refractivity contribution is 5.80. The first-order valence-corrected chi connectivity index (χ1v) is 25.3. The molecule has 0 aliphatic heterocycles. The molecule has 10 rings (SSSR count). The Kier molecular flexibility index (Phi) is 13.7. The lowest BCUT2D eigenvalue weighted by Crippen LogP contribution is -2.10. The fraction of sp³-hybridized carbons (Fsp3) is 0.182. The molecule has 0 saturated carbocycles. The molecule has 0 atom stereocenters. The van der Waals surface area contributed by atoms with Crippen LogP contribution in [0.3, 0.4) is 0 Å². The second kappa shape index (κ2) is 20.6. The zero-order chi connectivity index (χ0) is 52.3. The smallest absolute Gasteiger partial charge is 0.248 e. The summed E-state index contributed by atoms with van der Waals surface area (Å²) in [5.74, 6) is 2.91. The minimum absolute atomic E-state index is 0.0626. The van der Waals surface area contributed by atoms with E-state index in [1.807, 2.05) is 72.8 Å². The Morgan fingerprint density at radius 3 is 0.600 bits per heavy atom. The maximum atomic E-state index is 6.12. The predicted octanol–water partition coefficient (Wildman–Crippen LogP) is 17.2. The van der Waals surface area contributed by atoms with Crippen LogP contribution in [0.1, 0.15) is 112 Å². The van der Waals surface area contributed by atoms with Gasteiger partial charge in [-0.15, -0.1) is 30.6 Å². The highest BCUT2D eigenvalue weighted by atomic mass is 16.4. The van der Waals surface area contributed by atoms with Crippen LogP contribution in [0.5, 0.6) is 0 Å². The molecule has 0 unspecified atom stereocenters. The average molecular weight is 985 g/mol. The molecule has 7 aromatic carbocycles. The lowest BCUT2D eigenvalue weighted by atomic mass is 9.87. The van der Waals surface area contributed by atoms with E-state index in [2.05, 4.69) is 220 Å². The van der Waals surface area contributed by atoms with Gasteiger partial charge in [-0.3, -0.25) is 0 Å². The lowest BCUT2D eigenvalue weighted by Gasteiger charge is -2.18. The standard InChI is InChI=1S/C66H60N6O3/c1-64(2,3)55-34-28-52(29-35-55)61-70-67-58(73-61)49-22-16-43(17-23-49)10-13-46-40-47(14-11-44-18-24-50(25-19-44)59-68-71-62(74-59)53-30-36-56(37-31-53)65(4,5)6)42-48(41-46)15-12-45-20-26-51(27-21-45)60-69-72-63(75-60)54-32-38-57(39-33-54)66(7,8)9/h10-42H,1-9H3/b13-10+,14-11+,15-12+. The van der Waals surface area contributed by atoms with Crippen molar-refractivity contribution in [1.29, 1.82) is 0 Å². The largest absolute Gasteiger partial charge is 0.416 e. The summed E-state index contributed by atoms with van der Waals surface area (Å²) in [6, 6.07) is 55.9. The zero-order valence-electron chi connectivity index (χ0n) is 44.0. The summed E-state index contributed by atoms with van der Waals surface area (Å²) in [5.41, 5.74) is 15.4. The molecule has 9 nitrogen and oxygen atoms in total. The van der Waals surface area contributed by atoms with Gasteiger partial charge in [-0.1, -0.05) is 172 Å². The van der Waals surface area contributed by atoms with Crippen LogP contribution in [-0.4, -0.2) is 30.6 Å². The van der Waals surface area contributed by atoms with Crippen molar-refractivity contribution >= 4 is 36.5 Å². The van der Waals surface area contributed by atoms with Crippen molar-refractivity contribution in [3.05, 3.63) is 214 Å². The second-order valence-electron chi connectivity index (χ2n) is 22.0. The predicted molar refractivity (Wildman–Crippen MR) is 305 cm³/mol. The minimum Gasteiger partial charge on any atom is -0.416 e. The van der Waals surface area contributed by atoms with E-state index in [9.17, 15) is 0 Å². The number of nitrogens with zero attached hydrogens (tertiary/aromatic N) is 6. The summed E-state index contributed by atoms with van der Waals surface area (Å²) >= 11 is 0. The molecule has 372 valence electrons. The molecule has 0 spiro atoms. The summed E-state index contributed by atoms with van der Waals surface area (Å²) in [5, 5.41) is 26.1. The van der Waals surface area contributed by atoms with Crippen molar-refractivity contribution in [3.63, 3.8) is 0 Å². The molecule has 75 heavy (non-hydrogen) atoms. The summed E-state index contributed by atoms with van der Waals surface area (Å²) in [6.07, 6.45) is 12.7. The van der Waals surface area contributed by atoms with Crippen molar-refractivity contribution in [1.82, 2.24) is 30.6 Å². The lowest BCUT2D eigenvalue weighted by molar-refractivity contribution is 0.582. The SMILES string of the molecule is CC(C)(C)c1ccc(-c2nnc(-c3ccc(/C=C/c4cc(/C=C/c5ccc(-c6nnc(-c7ccc(C(C)(C)C)cc7)o6)cc5)cc(/C=C/c5ccc(-c6nnc(-c7ccc(C(C)(C)C)cc7)o6)cc5)c4)cc3)o2)cc1. The Bertz CT molecular complexity index is 3250. The molecule has 0 saturated heterocycles. The minimum atomic E-state index is 0.0626. The van der Waals surface area contributed by atoms with Crippen LogP contribution in [0.15, 0.2) is 177 Å². The molecule has 3 aromatic heterocycles. The monoisotopic (exact) mass is 984 g/mol. The zero-order valence-corrected chi connectivity index (χ0v) is 44.0. The van der Waals surface area contributed by atoms with Crippen LogP contribution in [0.25, 0.3) is 105 Å². The maximum absolute atomic E-state index is 6.12. The van der Waals surface area contributed by atoms with E-state index < -0.39 is 0 Å².